The van der Waals surface area contributed by atoms with Crippen molar-refractivity contribution in [2.75, 3.05) is 19.6 Å². The second-order valence-corrected chi connectivity index (χ2v) is 7.97. The number of nitrogens with one attached hydrogen (secondary N) is 1. The molecule has 1 saturated heterocycles. The molecule has 2 rings (SSSR count). The number of sulfonamides is 1. The number of aryl methyl sites for hydroxylation is 1. The summed E-state index contributed by atoms with van der Waals surface area (Å²) in [5, 5.41) is 0.512. The molecule has 1 aliphatic rings. The van der Waals surface area contributed by atoms with Crippen molar-refractivity contribution in [3.05, 3.63) is 28.8 Å². The fraction of sp³-hybridized carbons (Fsp3) is 0.533. The molecule has 0 unspecified atom stereocenters. The molecule has 7 heteroatoms. The zero-order chi connectivity index (χ0) is 16.3. The monoisotopic (exact) mass is 344 g/mol. The lowest BCUT2D eigenvalue weighted by Gasteiger charge is -2.30. The highest BCUT2D eigenvalue weighted by Crippen LogP contribution is 2.19. The predicted molar refractivity (Wildman–Crippen MR) is 86.4 cm³/mol. The van der Waals surface area contributed by atoms with Crippen molar-refractivity contribution in [1.29, 1.82) is 0 Å². The Morgan fingerprint density at radius 1 is 1.36 bits per heavy atom. The van der Waals surface area contributed by atoms with Crippen molar-refractivity contribution in [3.63, 3.8) is 0 Å². The Bertz CT molecular complexity index is 653. The summed E-state index contributed by atoms with van der Waals surface area (Å²) in [6, 6.07) is 4.47. The van der Waals surface area contributed by atoms with Gasteiger partial charge >= 0.3 is 0 Å². The number of carbonyl (C=O) groups is 1. The van der Waals surface area contributed by atoms with Crippen LogP contribution in [0.3, 0.4) is 0 Å². The minimum absolute atomic E-state index is 0.120. The molecule has 0 spiro atoms. The number of benzene rings is 1. The van der Waals surface area contributed by atoms with E-state index in [9.17, 15) is 13.2 Å². The van der Waals surface area contributed by atoms with Gasteiger partial charge in [0.05, 0.1) is 11.4 Å². The van der Waals surface area contributed by atoms with Crippen LogP contribution >= 0.6 is 11.6 Å². The Morgan fingerprint density at radius 2 is 2.00 bits per heavy atom. The molecule has 122 valence electrons. The van der Waals surface area contributed by atoms with Crippen LogP contribution in [0.4, 0.5) is 0 Å². The summed E-state index contributed by atoms with van der Waals surface area (Å²) in [5.41, 5.74) is 0.681. The van der Waals surface area contributed by atoms with Crippen molar-refractivity contribution in [2.24, 2.45) is 5.92 Å². The second-order valence-electron chi connectivity index (χ2n) is 5.80. The first kappa shape index (κ1) is 17.2. The SMILES string of the molecule is Cc1cc(S(=O)(=O)NCC(=O)N2CCC(C)CC2)ccc1Cl. The lowest BCUT2D eigenvalue weighted by Crippen LogP contribution is -2.43. The third-order valence-electron chi connectivity index (χ3n) is 3.99. The summed E-state index contributed by atoms with van der Waals surface area (Å²) in [6.45, 7) is 5.08. The van der Waals surface area contributed by atoms with Gasteiger partial charge in [-0.1, -0.05) is 18.5 Å². The molecule has 1 aromatic carbocycles. The normalized spacial score (nSPS) is 16.8. The number of hydrogen-bond acceptors (Lipinski definition) is 3. The first-order chi connectivity index (χ1) is 10.3. The number of piperidine rings is 1. The Morgan fingerprint density at radius 3 is 2.59 bits per heavy atom. The van der Waals surface area contributed by atoms with E-state index in [1.807, 2.05) is 0 Å². The van der Waals surface area contributed by atoms with Crippen molar-refractivity contribution in [1.82, 2.24) is 9.62 Å². The number of rotatable bonds is 4. The molecule has 1 aromatic rings. The predicted octanol–water partition coefficient (Wildman–Crippen LogP) is 2.19. The Hall–Kier alpha value is -1.11. The highest BCUT2D eigenvalue weighted by Gasteiger charge is 2.22. The summed E-state index contributed by atoms with van der Waals surface area (Å²) in [6.07, 6.45) is 1.93. The van der Waals surface area contributed by atoms with E-state index < -0.39 is 10.0 Å². The van der Waals surface area contributed by atoms with Crippen LogP contribution in [0.1, 0.15) is 25.3 Å². The molecule has 0 radical (unpaired) electrons. The van der Waals surface area contributed by atoms with Gasteiger partial charge in [-0.2, -0.15) is 0 Å². The first-order valence-corrected chi connectivity index (χ1v) is 9.19. The average Bonchev–Trinajstić information content (AvgIpc) is 2.48. The number of amides is 1. The van der Waals surface area contributed by atoms with E-state index in [-0.39, 0.29) is 17.3 Å². The largest absolute Gasteiger partial charge is 0.342 e. The minimum Gasteiger partial charge on any atom is -0.342 e. The number of hydrogen-bond donors (Lipinski definition) is 1. The molecule has 0 atom stereocenters. The smallest absolute Gasteiger partial charge is 0.241 e. The molecular weight excluding hydrogens is 324 g/mol. The molecule has 1 amide bonds. The zero-order valence-corrected chi connectivity index (χ0v) is 14.4. The van der Waals surface area contributed by atoms with E-state index in [0.717, 1.165) is 12.8 Å². The summed E-state index contributed by atoms with van der Waals surface area (Å²) >= 11 is 5.90. The number of halogens is 1. The van der Waals surface area contributed by atoms with Gasteiger partial charge in [0.2, 0.25) is 15.9 Å². The maximum Gasteiger partial charge on any atom is 0.241 e. The number of carbonyl (C=O) groups excluding carboxylic acids is 1. The van der Waals surface area contributed by atoms with Gasteiger partial charge in [-0.15, -0.1) is 0 Å². The summed E-state index contributed by atoms with van der Waals surface area (Å²) in [5.74, 6) is 0.443. The molecule has 5 nitrogen and oxygen atoms in total. The zero-order valence-electron chi connectivity index (χ0n) is 12.8. The van der Waals surface area contributed by atoms with Crippen LogP contribution in [-0.4, -0.2) is 38.9 Å². The van der Waals surface area contributed by atoms with Gasteiger partial charge in [-0.25, -0.2) is 13.1 Å². The van der Waals surface area contributed by atoms with Gasteiger partial charge in [-0.3, -0.25) is 4.79 Å². The Balaban J connectivity index is 1.97. The van der Waals surface area contributed by atoms with E-state index in [0.29, 0.717) is 29.6 Å². The number of likely N-dealkylation sites (tertiary alicyclic amines) is 1. The summed E-state index contributed by atoms with van der Waals surface area (Å²) < 4.78 is 26.8. The molecule has 1 N–H and O–H groups in total. The molecular formula is C15H21ClN2O3S. The van der Waals surface area contributed by atoms with Crippen molar-refractivity contribution in [2.45, 2.75) is 31.6 Å². The fourth-order valence-corrected chi connectivity index (χ4v) is 3.57. The Kier molecular flexibility index (Phi) is 5.47. The van der Waals surface area contributed by atoms with Crippen LogP contribution in [0, 0.1) is 12.8 Å². The first-order valence-electron chi connectivity index (χ1n) is 7.33. The van der Waals surface area contributed by atoms with Crippen LogP contribution in [0.15, 0.2) is 23.1 Å². The van der Waals surface area contributed by atoms with Crippen molar-refractivity contribution in [3.8, 4) is 0 Å². The van der Waals surface area contributed by atoms with Gasteiger partial charge in [0.25, 0.3) is 0 Å². The topological polar surface area (TPSA) is 66.5 Å². The molecule has 0 bridgehead atoms. The van der Waals surface area contributed by atoms with Crippen molar-refractivity contribution >= 4 is 27.5 Å². The molecule has 22 heavy (non-hydrogen) atoms. The fourth-order valence-electron chi connectivity index (χ4n) is 2.39. The lowest BCUT2D eigenvalue weighted by atomic mass is 9.99. The van der Waals surface area contributed by atoms with Gasteiger partial charge in [0, 0.05) is 18.1 Å². The van der Waals surface area contributed by atoms with E-state index >= 15 is 0 Å². The average molecular weight is 345 g/mol. The van der Waals surface area contributed by atoms with Gasteiger partial charge in [0.1, 0.15) is 0 Å². The number of nitrogens with zero attached hydrogens (tertiary/aromatic N) is 1. The van der Waals surface area contributed by atoms with E-state index in [1.165, 1.54) is 12.1 Å². The molecule has 1 fully saturated rings. The standard InChI is InChI=1S/C15H21ClN2O3S/c1-11-5-7-18(8-6-11)15(19)10-17-22(20,21)13-3-4-14(16)12(2)9-13/h3-4,9,11,17H,5-8,10H2,1-2H3. The summed E-state index contributed by atoms with van der Waals surface area (Å²) in [4.78, 5) is 13.9. The molecule has 0 aliphatic carbocycles. The highest BCUT2D eigenvalue weighted by molar-refractivity contribution is 7.89. The second kappa shape index (κ2) is 6.98. The maximum absolute atomic E-state index is 12.2. The molecule has 1 aliphatic heterocycles. The van der Waals surface area contributed by atoms with E-state index in [1.54, 1.807) is 17.9 Å². The van der Waals surface area contributed by atoms with Crippen LogP contribution in [0.5, 0.6) is 0 Å². The van der Waals surface area contributed by atoms with Gasteiger partial charge in [0.15, 0.2) is 0 Å². The van der Waals surface area contributed by atoms with Crippen molar-refractivity contribution < 1.29 is 13.2 Å². The summed E-state index contributed by atoms with van der Waals surface area (Å²) in [7, 11) is -3.70. The third-order valence-corrected chi connectivity index (χ3v) is 5.81. The lowest BCUT2D eigenvalue weighted by molar-refractivity contribution is -0.131. The molecule has 1 heterocycles. The maximum atomic E-state index is 12.2. The van der Waals surface area contributed by atoms with E-state index in [2.05, 4.69) is 11.6 Å². The third kappa shape index (κ3) is 4.21. The van der Waals surface area contributed by atoms with Gasteiger partial charge in [-0.05, 0) is 49.4 Å². The highest BCUT2D eigenvalue weighted by atomic mass is 35.5. The van der Waals surface area contributed by atoms with Gasteiger partial charge < -0.3 is 4.90 Å². The minimum atomic E-state index is -3.70. The van der Waals surface area contributed by atoms with Crippen LogP contribution in [0.2, 0.25) is 5.02 Å². The molecule has 0 aromatic heterocycles. The van der Waals surface area contributed by atoms with Crippen LogP contribution in [0.25, 0.3) is 0 Å². The van der Waals surface area contributed by atoms with E-state index in [4.69, 9.17) is 11.6 Å². The van der Waals surface area contributed by atoms with Crippen LogP contribution in [-0.2, 0) is 14.8 Å². The molecule has 0 saturated carbocycles. The Labute approximate surface area is 136 Å². The van der Waals surface area contributed by atoms with Crippen LogP contribution < -0.4 is 4.72 Å². The quantitative estimate of drug-likeness (QED) is 0.910.